The molecule has 3 atom stereocenters. The van der Waals surface area contributed by atoms with E-state index in [1.807, 2.05) is 17.1 Å². The predicted molar refractivity (Wildman–Crippen MR) is 102 cm³/mol. The molecule has 0 unspecified atom stereocenters. The fraction of sp³-hybridized carbons (Fsp3) is 0.611. The number of aliphatic hydroxyl groups excluding tert-OH is 1. The van der Waals surface area contributed by atoms with Gasteiger partial charge in [-0.15, -0.1) is 0 Å². The summed E-state index contributed by atoms with van der Waals surface area (Å²) >= 11 is 12.3. The summed E-state index contributed by atoms with van der Waals surface area (Å²) in [4.78, 5) is 4.21. The van der Waals surface area contributed by atoms with Crippen molar-refractivity contribution in [2.75, 3.05) is 6.67 Å². The topological polar surface area (TPSA) is 47.9 Å². The summed E-state index contributed by atoms with van der Waals surface area (Å²) < 4.78 is 0. The minimum atomic E-state index is -0.463. The lowest BCUT2D eigenvalue weighted by Crippen LogP contribution is -2.52. The van der Waals surface area contributed by atoms with Gasteiger partial charge in [0.2, 0.25) is 0 Å². The highest BCUT2D eigenvalue weighted by molar-refractivity contribution is 6.35. The standard InChI is InChI=1S/C18H27Cl2N3O/c1-12(7-13-5-6-14(19)9-15(13)20)8-16(17(24)18(2,3)4)23-11-21-10-22-23/h5-6,9-10,12,16-17,24H,7-8,11H2,1-4H3,(H,21,22)/t12-,16+,17+/m0/s1. The maximum atomic E-state index is 10.8. The molecule has 2 N–H and O–H groups in total. The van der Waals surface area contributed by atoms with Gasteiger partial charge in [0, 0.05) is 10.0 Å². The van der Waals surface area contributed by atoms with Crippen LogP contribution in [0.2, 0.25) is 10.0 Å². The monoisotopic (exact) mass is 371 g/mol. The number of nitrogens with one attached hydrogen (secondary N) is 1. The molecule has 1 aromatic rings. The number of nitrogens with zero attached hydrogens (tertiary/aromatic N) is 2. The number of hydrogen-bond donors (Lipinski definition) is 2. The summed E-state index contributed by atoms with van der Waals surface area (Å²) in [5, 5.41) is 14.2. The molecule has 134 valence electrons. The van der Waals surface area contributed by atoms with E-state index in [1.54, 1.807) is 12.4 Å². The van der Waals surface area contributed by atoms with Gasteiger partial charge in [0.15, 0.2) is 0 Å². The van der Waals surface area contributed by atoms with E-state index in [4.69, 9.17) is 23.2 Å². The van der Waals surface area contributed by atoms with Crippen molar-refractivity contribution in [3.8, 4) is 0 Å². The number of aliphatic imine (C=N–C) groups is 1. The van der Waals surface area contributed by atoms with Gasteiger partial charge in [0.1, 0.15) is 6.67 Å². The van der Waals surface area contributed by atoms with E-state index in [1.165, 1.54) is 0 Å². The highest BCUT2D eigenvalue weighted by Crippen LogP contribution is 2.30. The van der Waals surface area contributed by atoms with Gasteiger partial charge in [0.25, 0.3) is 0 Å². The molecule has 0 radical (unpaired) electrons. The zero-order valence-corrected chi connectivity index (χ0v) is 16.3. The van der Waals surface area contributed by atoms with Gasteiger partial charge in [-0.05, 0) is 41.9 Å². The Morgan fingerprint density at radius 2 is 2.04 bits per heavy atom. The Morgan fingerprint density at radius 1 is 1.33 bits per heavy atom. The second kappa shape index (κ2) is 8.05. The molecule has 1 aromatic carbocycles. The molecular weight excluding hydrogens is 345 g/mol. The van der Waals surface area contributed by atoms with Crippen molar-refractivity contribution in [3.63, 3.8) is 0 Å². The summed E-state index contributed by atoms with van der Waals surface area (Å²) in [5.74, 6) is 0.355. The highest BCUT2D eigenvalue weighted by Gasteiger charge is 2.36. The van der Waals surface area contributed by atoms with Crippen LogP contribution >= 0.6 is 23.2 Å². The van der Waals surface area contributed by atoms with Crippen LogP contribution in [0.4, 0.5) is 0 Å². The third-order valence-electron chi connectivity index (χ3n) is 4.43. The van der Waals surface area contributed by atoms with Crippen molar-refractivity contribution in [1.29, 1.82) is 0 Å². The van der Waals surface area contributed by atoms with Crippen molar-refractivity contribution in [2.45, 2.75) is 52.7 Å². The molecule has 0 bridgehead atoms. The molecule has 0 amide bonds. The summed E-state index contributed by atoms with van der Waals surface area (Å²) in [6, 6.07) is 5.61. The summed E-state index contributed by atoms with van der Waals surface area (Å²) in [6.45, 7) is 8.92. The molecule has 0 aliphatic carbocycles. The average molecular weight is 372 g/mol. The van der Waals surface area contributed by atoms with Crippen molar-refractivity contribution in [2.24, 2.45) is 16.3 Å². The molecule has 0 spiro atoms. The lowest BCUT2D eigenvalue weighted by Gasteiger charge is -2.38. The van der Waals surface area contributed by atoms with Crippen LogP contribution in [-0.2, 0) is 6.42 Å². The van der Waals surface area contributed by atoms with Gasteiger partial charge in [0.05, 0.1) is 18.5 Å². The number of benzene rings is 1. The maximum absolute atomic E-state index is 10.8. The van der Waals surface area contributed by atoms with Gasteiger partial charge in [-0.3, -0.25) is 4.99 Å². The minimum Gasteiger partial charge on any atom is -0.391 e. The van der Waals surface area contributed by atoms with Crippen LogP contribution in [0.5, 0.6) is 0 Å². The van der Waals surface area contributed by atoms with Crippen molar-refractivity contribution >= 4 is 29.5 Å². The fourth-order valence-electron chi connectivity index (χ4n) is 3.05. The Bertz CT molecular complexity index is 578. The Hall–Kier alpha value is -0.810. The molecule has 1 aliphatic rings. The van der Waals surface area contributed by atoms with E-state index >= 15 is 0 Å². The molecule has 0 saturated heterocycles. The van der Waals surface area contributed by atoms with Crippen LogP contribution in [0, 0.1) is 11.3 Å². The van der Waals surface area contributed by atoms with Crippen LogP contribution in [-0.4, -0.2) is 35.3 Å². The quantitative estimate of drug-likeness (QED) is 0.789. The van der Waals surface area contributed by atoms with E-state index in [0.717, 1.165) is 18.4 Å². The fourth-order valence-corrected chi connectivity index (χ4v) is 3.53. The normalized spacial score (nSPS) is 19.1. The van der Waals surface area contributed by atoms with Crippen molar-refractivity contribution in [1.82, 2.24) is 10.4 Å². The molecule has 0 aromatic heterocycles. The maximum Gasteiger partial charge on any atom is 0.111 e. The minimum absolute atomic E-state index is 0.0198. The summed E-state index contributed by atoms with van der Waals surface area (Å²) in [6.07, 6.45) is 2.91. The molecule has 24 heavy (non-hydrogen) atoms. The van der Waals surface area contributed by atoms with Gasteiger partial charge >= 0.3 is 0 Å². The van der Waals surface area contributed by atoms with E-state index in [9.17, 15) is 5.11 Å². The lowest BCUT2D eigenvalue weighted by atomic mass is 9.80. The molecular formula is C18H27Cl2N3O. The van der Waals surface area contributed by atoms with Gasteiger partial charge < -0.3 is 10.5 Å². The van der Waals surface area contributed by atoms with Gasteiger partial charge in [-0.2, -0.15) is 5.01 Å². The SMILES string of the molecule is C[C@@H](Cc1ccc(Cl)cc1Cl)C[C@H]([C@@H](O)C(C)(C)C)N1CN=CN1. The van der Waals surface area contributed by atoms with Crippen LogP contribution in [0.3, 0.4) is 0 Å². The predicted octanol–water partition coefficient (Wildman–Crippen LogP) is 4.14. The molecule has 0 saturated carbocycles. The Labute approximate surface area is 154 Å². The number of hydrogen-bond acceptors (Lipinski definition) is 4. The highest BCUT2D eigenvalue weighted by atomic mass is 35.5. The van der Waals surface area contributed by atoms with Crippen LogP contribution in [0.15, 0.2) is 23.2 Å². The van der Waals surface area contributed by atoms with Crippen LogP contribution in [0.25, 0.3) is 0 Å². The molecule has 1 heterocycles. The van der Waals surface area contributed by atoms with E-state index in [0.29, 0.717) is 22.6 Å². The van der Waals surface area contributed by atoms with E-state index < -0.39 is 6.10 Å². The zero-order chi connectivity index (χ0) is 17.9. The van der Waals surface area contributed by atoms with E-state index in [2.05, 4.69) is 38.1 Å². The van der Waals surface area contributed by atoms with Gasteiger partial charge in [-0.25, -0.2) is 0 Å². The lowest BCUT2D eigenvalue weighted by molar-refractivity contribution is -0.0330. The average Bonchev–Trinajstić information content (AvgIpc) is 3.00. The molecule has 0 fully saturated rings. The molecule has 1 aliphatic heterocycles. The Balaban J connectivity index is 2.07. The smallest absolute Gasteiger partial charge is 0.111 e. The first kappa shape index (κ1) is 19.5. The number of hydrazine groups is 1. The third-order valence-corrected chi connectivity index (χ3v) is 5.02. The number of halogens is 2. The second-order valence-corrected chi connectivity index (χ2v) is 8.55. The summed E-state index contributed by atoms with van der Waals surface area (Å²) in [7, 11) is 0. The van der Waals surface area contributed by atoms with Crippen molar-refractivity contribution < 1.29 is 5.11 Å². The van der Waals surface area contributed by atoms with Crippen LogP contribution < -0.4 is 5.43 Å². The first-order valence-electron chi connectivity index (χ1n) is 8.31. The summed E-state index contributed by atoms with van der Waals surface area (Å²) in [5.41, 5.74) is 4.02. The Kier molecular flexibility index (Phi) is 6.54. The first-order valence-corrected chi connectivity index (χ1v) is 9.07. The molecule has 4 nitrogen and oxygen atoms in total. The third kappa shape index (κ3) is 5.09. The molecule has 2 rings (SSSR count). The van der Waals surface area contributed by atoms with Gasteiger partial charge in [-0.1, -0.05) is 57.0 Å². The Morgan fingerprint density at radius 3 is 2.58 bits per heavy atom. The van der Waals surface area contributed by atoms with Crippen molar-refractivity contribution in [3.05, 3.63) is 33.8 Å². The number of rotatable bonds is 6. The largest absolute Gasteiger partial charge is 0.391 e. The molecule has 6 heteroatoms. The second-order valence-electron chi connectivity index (χ2n) is 7.71. The first-order chi connectivity index (χ1) is 11.2. The number of aliphatic hydroxyl groups is 1. The van der Waals surface area contributed by atoms with E-state index in [-0.39, 0.29) is 11.5 Å². The zero-order valence-electron chi connectivity index (χ0n) is 14.8. The van der Waals surface area contributed by atoms with Crippen LogP contribution in [0.1, 0.15) is 39.7 Å².